The Bertz CT molecular complexity index is 452. The van der Waals surface area contributed by atoms with E-state index >= 15 is 0 Å². The number of piperazine rings is 1. The molecule has 2 heterocycles. The molecule has 0 radical (unpaired) electrons. The molecule has 1 fully saturated rings. The van der Waals surface area contributed by atoms with Crippen molar-refractivity contribution in [3.05, 3.63) is 16.1 Å². The van der Waals surface area contributed by atoms with Crippen molar-refractivity contribution in [3.63, 3.8) is 0 Å². The van der Waals surface area contributed by atoms with E-state index < -0.39 is 5.97 Å². The van der Waals surface area contributed by atoms with Crippen LogP contribution in [0.4, 0.5) is 0 Å². The molecule has 18 heavy (non-hydrogen) atoms. The number of nitrogens with zero attached hydrogens (tertiary/aromatic N) is 3. The third-order valence-electron chi connectivity index (χ3n) is 3.01. The average Bonchev–Trinajstić information content (AvgIpc) is 2.88. The highest BCUT2D eigenvalue weighted by Crippen LogP contribution is 2.14. The summed E-state index contributed by atoms with van der Waals surface area (Å²) in [5.74, 6) is -1.26. The van der Waals surface area contributed by atoms with Gasteiger partial charge in [0.1, 0.15) is 0 Å². The molecule has 98 valence electrons. The van der Waals surface area contributed by atoms with Crippen molar-refractivity contribution in [2.24, 2.45) is 0 Å². The first-order valence-corrected chi connectivity index (χ1v) is 6.70. The van der Waals surface area contributed by atoms with Gasteiger partial charge in [-0.1, -0.05) is 6.92 Å². The van der Waals surface area contributed by atoms with Gasteiger partial charge >= 0.3 is 5.97 Å². The molecule has 1 aromatic rings. The normalized spacial score (nSPS) is 16.8. The summed E-state index contributed by atoms with van der Waals surface area (Å²) in [6.45, 7) is 6.15. The van der Waals surface area contributed by atoms with E-state index in [2.05, 4.69) is 16.8 Å². The van der Waals surface area contributed by atoms with Gasteiger partial charge in [0.05, 0.1) is 0 Å². The number of aromatic nitrogens is 1. The maximum atomic E-state index is 12.1. The molecule has 0 aliphatic carbocycles. The number of rotatable bonds is 3. The molecule has 0 aromatic carbocycles. The minimum atomic E-state index is -1.10. The zero-order valence-electron chi connectivity index (χ0n) is 10.1. The van der Waals surface area contributed by atoms with E-state index in [4.69, 9.17) is 5.11 Å². The fraction of sp³-hybridized carbons (Fsp3) is 0.545. The lowest BCUT2D eigenvalue weighted by Crippen LogP contribution is -2.48. The van der Waals surface area contributed by atoms with Gasteiger partial charge in [0.15, 0.2) is 10.7 Å². The van der Waals surface area contributed by atoms with Gasteiger partial charge in [0.25, 0.3) is 5.91 Å². The summed E-state index contributed by atoms with van der Waals surface area (Å²) < 4.78 is 0. The number of carbonyl (C=O) groups is 2. The highest BCUT2D eigenvalue weighted by molar-refractivity contribution is 7.11. The Morgan fingerprint density at radius 3 is 2.56 bits per heavy atom. The molecule has 1 aromatic heterocycles. The Kier molecular flexibility index (Phi) is 3.93. The molecule has 1 N–H and O–H groups in total. The summed E-state index contributed by atoms with van der Waals surface area (Å²) >= 11 is 1.09. The zero-order valence-corrected chi connectivity index (χ0v) is 10.9. The molecule has 2 rings (SSSR count). The monoisotopic (exact) mass is 269 g/mol. The second-order valence-electron chi connectivity index (χ2n) is 4.07. The van der Waals surface area contributed by atoms with Gasteiger partial charge in [-0.15, -0.1) is 11.3 Å². The predicted molar refractivity (Wildman–Crippen MR) is 67.1 cm³/mol. The Balaban J connectivity index is 2.01. The van der Waals surface area contributed by atoms with Gasteiger partial charge in [0, 0.05) is 31.6 Å². The van der Waals surface area contributed by atoms with Gasteiger partial charge in [-0.25, -0.2) is 9.78 Å². The summed E-state index contributed by atoms with van der Waals surface area (Å²) in [6, 6.07) is 0. The van der Waals surface area contributed by atoms with Crippen molar-refractivity contribution in [2.45, 2.75) is 6.92 Å². The van der Waals surface area contributed by atoms with E-state index in [1.807, 2.05) is 0 Å². The number of hydrogen-bond acceptors (Lipinski definition) is 5. The van der Waals surface area contributed by atoms with Crippen LogP contribution >= 0.6 is 11.3 Å². The van der Waals surface area contributed by atoms with E-state index in [1.54, 1.807) is 4.90 Å². The average molecular weight is 269 g/mol. The fourth-order valence-electron chi connectivity index (χ4n) is 1.87. The van der Waals surface area contributed by atoms with Crippen LogP contribution in [0.5, 0.6) is 0 Å². The van der Waals surface area contributed by atoms with E-state index in [9.17, 15) is 9.59 Å². The highest BCUT2D eigenvalue weighted by Gasteiger charge is 2.24. The number of hydrogen-bond donors (Lipinski definition) is 1. The number of amides is 1. The molecule has 0 spiro atoms. The number of likely N-dealkylation sites (N-methyl/N-ethyl adjacent to an activating group) is 1. The second kappa shape index (κ2) is 5.45. The number of carbonyl (C=O) groups excluding carboxylic acids is 1. The van der Waals surface area contributed by atoms with Crippen LogP contribution in [-0.2, 0) is 0 Å². The Morgan fingerprint density at radius 1 is 1.39 bits per heavy atom. The van der Waals surface area contributed by atoms with E-state index in [1.165, 1.54) is 5.38 Å². The smallest absolute Gasteiger partial charge is 0.355 e. The first-order valence-electron chi connectivity index (χ1n) is 5.82. The van der Waals surface area contributed by atoms with Gasteiger partial charge in [-0.2, -0.15) is 0 Å². The molecule has 0 bridgehead atoms. The van der Waals surface area contributed by atoms with E-state index in [0.717, 1.165) is 31.0 Å². The van der Waals surface area contributed by atoms with Crippen LogP contribution in [0.15, 0.2) is 5.38 Å². The molecular weight excluding hydrogens is 254 g/mol. The molecule has 0 saturated carbocycles. The van der Waals surface area contributed by atoms with Gasteiger partial charge in [-0.3, -0.25) is 4.79 Å². The van der Waals surface area contributed by atoms with Crippen LogP contribution in [-0.4, -0.2) is 64.5 Å². The van der Waals surface area contributed by atoms with Crippen molar-refractivity contribution in [3.8, 4) is 0 Å². The Hall–Kier alpha value is -1.47. The molecule has 6 nitrogen and oxygen atoms in total. The van der Waals surface area contributed by atoms with Crippen molar-refractivity contribution in [1.29, 1.82) is 0 Å². The minimum Gasteiger partial charge on any atom is -0.476 e. The lowest BCUT2D eigenvalue weighted by molar-refractivity contribution is 0.0642. The summed E-state index contributed by atoms with van der Waals surface area (Å²) in [6.07, 6.45) is 0. The minimum absolute atomic E-state index is 0.0597. The quantitative estimate of drug-likeness (QED) is 0.870. The standard InChI is InChI=1S/C11H15N3O3S/c1-2-13-3-5-14(6-4-13)10(15)9-12-8(7-18-9)11(16)17/h7H,2-6H2,1H3,(H,16,17). The van der Waals surface area contributed by atoms with E-state index in [0.29, 0.717) is 13.1 Å². The molecule has 0 unspecified atom stereocenters. The molecule has 7 heteroatoms. The van der Waals surface area contributed by atoms with Crippen molar-refractivity contribution in [2.75, 3.05) is 32.7 Å². The van der Waals surface area contributed by atoms with Crippen LogP contribution in [0.3, 0.4) is 0 Å². The van der Waals surface area contributed by atoms with Crippen LogP contribution in [0, 0.1) is 0 Å². The second-order valence-corrected chi connectivity index (χ2v) is 4.93. The number of aromatic carboxylic acids is 1. The molecule has 1 aliphatic rings. The van der Waals surface area contributed by atoms with Gasteiger partial charge < -0.3 is 14.9 Å². The zero-order chi connectivity index (χ0) is 13.1. The number of thiazole rings is 1. The largest absolute Gasteiger partial charge is 0.476 e. The van der Waals surface area contributed by atoms with Gasteiger partial charge in [-0.05, 0) is 6.54 Å². The fourth-order valence-corrected chi connectivity index (χ4v) is 2.63. The summed E-state index contributed by atoms with van der Waals surface area (Å²) in [5, 5.41) is 10.4. The van der Waals surface area contributed by atoms with Crippen LogP contribution in [0.1, 0.15) is 27.2 Å². The summed E-state index contributed by atoms with van der Waals surface area (Å²) in [5.41, 5.74) is -0.0597. The molecule has 1 saturated heterocycles. The van der Waals surface area contributed by atoms with Crippen molar-refractivity contribution >= 4 is 23.2 Å². The first kappa shape index (κ1) is 13.0. The third kappa shape index (κ3) is 2.68. The maximum absolute atomic E-state index is 12.1. The van der Waals surface area contributed by atoms with Crippen molar-refractivity contribution in [1.82, 2.24) is 14.8 Å². The van der Waals surface area contributed by atoms with Crippen LogP contribution in [0.2, 0.25) is 0 Å². The third-order valence-corrected chi connectivity index (χ3v) is 3.84. The summed E-state index contributed by atoms with van der Waals surface area (Å²) in [7, 11) is 0. The molecule has 1 aliphatic heterocycles. The predicted octanol–water partition coefficient (Wildman–Crippen LogP) is 0.619. The topological polar surface area (TPSA) is 73.7 Å². The lowest BCUT2D eigenvalue weighted by Gasteiger charge is -2.33. The molecular formula is C11H15N3O3S. The van der Waals surface area contributed by atoms with Gasteiger partial charge in [0.2, 0.25) is 0 Å². The summed E-state index contributed by atoms with van der Waals surface area (Å²) in [4.78, 5) is 30.6. The van der Waals surface area contributed by atoms with Crippen LogP contribution < -0.4 is 0 Å². The molecule has 0 atom stereocenters. The van der Waals surface area contributed by atoms with E-state index in [-0.39, 0.29) is 16.6 Å². The first-order chi connectivity index (χ1) is 8.61. The lowest BCUT2D eigenvalue weighted by atomic mass is 10.3. The number of carboxylic acid groups (broad SMARTS) is 1. The van der Waals surface area contributed by atoms with Crippen molar-refractivity contribution < 1.29 is 14.7 Å². The number of carboxylic acids is 1. The molecule has 1 amide bonds. The highest BCUT2D eigenvalue weighted by atomic mass is 32.1. The Morgan fingerprint density at radius 2 is 2.06 bits per heavy atom. The Labute approximate surface area is 109 Å². The SMILES string of the molecule is CCN1CCN(C(=O)c2nc(C(=O)O)cs2)CC1. The van der Waals surface area contributed by atoms with Crippen LogP contribution in [0.25, 0.3) is 0 Å². The maximum Gasteiger partial charge on any atom is 0.355 e.